The lowest BCUT2D eigenvalue weighted by atomic mass is 10.1. The molecule has 3 atom stereocenters. The third-order valence-electron chi connectivity index (χ3n) is 5.79. The fourth-order valence-corrected chi connectivity index (χ4v) is 4.39. The van der Waals surface area contributed by atoms with Gasteiger partial charge in [-0.15, -0.1) is 0 Å². The number of hydrogen-bond donors (Lipinski definition) is 1. The molecule has 2 amide bonds. The second-order valence-corrected chi connectivity index (χ2v) is 8.31. The lowest BCUT2D eigenvalue weighted by molar-refractivity contribution is -0.165. The molecule has 3 aliphatic heterocycles. The van der Waals surface area contributed by atoms with Crippen molar-refractivity contribution >= 4 is 17.7 Å². The maximum atomic E-state index is 13.3. The summed E-state index contributed by atoms with van der Waals surface area (Å²) in [4.78, 5) is 29.8. The van der Waals surface area contributed by atoms with E-state index in [0.717, 1.165) is 18.5 Å². The summed E-state index contributed by atoms with van der Waals surface area (Å²) in [7, 11) is 0. The molecule has 1 unspecified atom stereocenters. The number of carbonyl (C=O) groups excluding carboxylic acids is 1. The third-order valence-corrected chi connectivity index (χ3v) is 5.79. The zero-order valence-corrected chi connectivity index (χ0v) is 17.6. The number of ether oxygens (including phenoxy) is 2. The quantitative estimate of drug-likeness (QED) is 0.823. The lowest BCUT2D eigenvalue weighted by Crippen LogP contribution is -2.50. The van der Waals surface area contributed by atoms with Crippen LogP contribution in [-0.2, 0) is 21.7 Å². The van der Waals surface area contributed by atoms with Crippen molar-refractivity contribution in [2.45, 2.75) is 51.5 Å². The predicted molar refractivity (Wildman–Crippen MR) is 113 cm³/mol. The van der Waals surface area contributed by atoms with Crippen LogP contribution in [0.5, 0.6) is 0 Å². The summed E-state index contributed by atoms with van der Waals surface area (Å²) in [6.45, 7) is 7.55. The highest BCUT2D eigenvalue weighted by atomic mass is 16.7. The van der Waals surface area contributed by atoms with Crippen LogP contribution >= 0.6 is 0 Å². The highest BCUT2D eigenvalue weighted by Crippen LogP contribution is 2.37. The standard InChI is InChI=1S/C22H27N5O3/c1-4-10-26-19-17(24-20(25-19)22(3)29-13-14(2)30-22)18-23-16(12-27(18)21(26)28)11-15-8-6-5-7-9-15/h5-9,14,16H,4,10-13H2,1-3H3,(H,24,25)/t14-,16-,22?/m1/s1. The van der Waals surface area contributed by atoms with Gasteiger partial charge < -0.3 is 14.5 Å². The number of aliphatic imine (C=N–C) groups is 1. The summed E-state index contributed by atoms with van der Waals surface area (Å²) in [6, 6.07) is 10.2. The maximum absolute atomic E-state index is 13.3. The Labute approximate surface area is 175 Å². The van der Waals surface area contributed by atoms with E-state index in [0.29, 0.717) is 37.2 Å². The van der Waals surface area contributed by atoms with Crippen LogP contribution in [0, 0.1) is 0 Å². The van der Waals surface area contributed by atoms with Crippen molar-refractivity contribution < 1.29 is 14.3 Å². The van der Waals surface area contributed by atoms with Gasteiger partial charge in [-0.2, -0.15) is 0 Å². The van der Waals surface area contributed by atoms with Crippen LogP contribution in [0.4, 0.5) is 10.6 Å². The Morgan fingerprint density at radius 3 is 2.80 bits per heavy atom. The molecule has 30 heavy (non-hydrogen) atoms. The average molecular weight is 409 g/mol. The molecule has 158 valence electrons. The van der Waals surface area contributed by atoms with Crippen LogP contribution in [0.15, 0.2) is 35.3 Å². The number of rotatable bonds is 5. The van der Waals surface area contributed by atoms with Crippen LogP contribution in [0.25, 0.3) is 0 Å². The molecule has 8 heteroatoms. The molecule has 1 N–H and O–H groups in total. The first-order valence-corrected chi connectivity index (χ1v) is 10.6. The number of hydrogen-bond acceptors (Lipinski definition) is 5. The Morgan fingerprint density at radius 1 is 1.30 bits per heavy atom. The molecule has 1 fully saturated rings. The molecule has 0 saturated carbocycles. The number of aromatic amines is 1. The summed E-state index contributed by atoms with van der Waals surface area (Å²) in [5.74, 6) is 0.893. The van der Waals surface area contributed by atoms with E-state index in [1.807, 2.05) is 32.0 Å². The minimum atomic E-state index is -0.953. The molecule has 1 aromatic carbocycles. The summed E-state index contributed by atoms with van der Waals surface area (Å²) in [5.41, 5.74) is 1.98. The van der Waals surface area contributed by atoms with E-state index in [9.17, 15) is 4.79 Å². The van der Waals surface area contributed by atoms with Gasteiger partial charge in [0.2, 0.25) is 5.79 Å². The molecule has 8 nitrogen and oxygen atoms in total. The van der Waals surface area contributed by atoms with E-state index < -0.39 is 5.79 Å². The number of nitrogens with one attached hydrogen (secondary N) is 1. The molecule has 5 rings (SSSR count). The SMILES string of the molecule is CCCN1C(=O)N2C[C@@H](Cc3ccccc3)N=C2c2[nH]c(C3(C)OC[C@@H](C)O3)nc21. The Hall–Kier alpha value is -2.71. The number of nitrogens with zero attached hydrogens (tertiary/aromatic N) is 4. The van der Waals surface area contributed by atoms with Gasteiger partial charge >= 0.3 is 6.03 Å². The maximum Gasteiger partial charge on any atom is 0.331 e. The summed E-state index contributed by atoms with van der Waals surface area (Å²) >= 11 is 0. The molecule has 1 aromatic heterocycles. The second kappa shape index (κ2) is 7.21. The second-order valence-electron chi connectivity index (χ2n) is 8.31. The number of amides is 2. The van der Waals surface area contributed by atoms with Crippen LogP contribution in [0.2, 0.25) is 0 Å². The van der Waals surface area contributed by atoms with Crippen molar-refractivity contribution in [2.24, 2.45) is 4.99 Å². The molecule has 0 spiro atoms. The minimum Gasteiger partial charge on any atom is -0.341 e. The van der Waals surface area contributed by atoms with E-state index >= 15 is 0 Å². The Balaban J connectivity index is 1.52. The van der Waals surface area contributed by atoms with Gasteiger partial charge in [0.25, 0.3) is 0 Å². The summed E-state index contributed by atoms with van der Waals surface area (Å²) in [5, 5.41) is 0. The Kier molecular flexibility index (Phi) is 4.63. The number of carbonyl (C=O) groups is 1. The Bertz CT molecular complexity index is 988. The van der Waals surface area contributed by atoms with Crippen molar-refractivity contribution in [3.8, 4) is 0 Å². The fourth-order valence-electron chi connectivity index (χ4n) is 4.39. The topological polar surface area (TPSA) is 83.1 Å². The van der Waals surface area contributed by atoms with E-state index in [2.05, 4.69) is 24.0 Å². The van der Waals surface area contributed by atoms with Crippen LogP contribution < -0.4 is 4.90 Å². The first-order chi connectivity index (χ1) is 14.5. The van der Waals surface area contributed by atoms with E-state index in [1.165, 1.54) is 5.56 Å². The highest BCUT2D eigenvalue weighted by Gasteiger charge is 2.46. The first-order valence-electron chi connectivity index (χ1n) is 10.6. The zero-order valence-electron chi connectivity index (χ0n) is 17.6. The van der Waals surface area contributed by atoms with Crippen LogP contribution in [0.1, 0.15) is 44.3 Å². The average Bonchev–Trinajstić information content (AvgIpc) is 3.43. The number of anilines is 1. The number of H-pyrrole nitrogens is 1. The number of aromatic nitrogens is 2. The van der Waals surface area contributed by atoms with Gasteiger partial charge in [0.1, 0.15) is 5.69 Å². The van der Waals surface area contributed by atoms with Gasteiger partial charge in [-0.1, -0.05) is 37.3 Å². The number of fused-ring (bicyclic) bond motifs is 3. The highest BCUT2D eigenvalue weighted by molar-refractivity contribution is 6.18. The first kappa shape index (κ1) is 19.3. The van der Waals surface area contributed by atoms with Gasteiger partial charge in [0.05, 0.1) is 25.3 Å². The Morgan fingerprint density at radius 2 is 2.10 bits per heavy atom. The third kappa shape index (κ3) is 3.11. The summed E-state index contributed by atoms with van der Waals surface area (Å²) < 4.78 is 11.9. The fraction of sp³-hybridized carbons (Fsp3) is 0.500. The lowest BCUT2D eigenvalue weighted by Gasteiger charge is -2.32. The van der Waals surface area contributed by atoms with Crippen molar-refractivity contribution in [3.05, 3.63) is 47.4 Å². The van der Waals surface area contributed by atoms with Crippen molar-refractivity contribution in [2.75, 3.05) is 24.6 Å². The molecule has 3 aliphatic rings. The predicted octanol–water partition coefficient (Wildman–Crippen LogP) is 3.04. The van der Waals surface area contributed by atoms with Crippen LogP contribution in [0.3, 0.4) is 0 Å². The molecule has 2 aromatic rings. The van der Waals surface area contributed by atoms with Gasteiger partial charge in [-0.05, 0) is 32.3 Å². The molecule has 0 aliphatic carbocycles. The molecular weight excluding hydrogens is 382 g/mol. The molecule has 0 bridgehead atoms. The van der Waals surface area contributed by atoms with Gasteiger partial charge in [-0.3, -0.25) is 14.8 Å². The number of urea groups is 1. The van der Waals surface area contributed by atoms with Crippen molar-refractivity contribution in [1.82, 2.24) is 14.9 Å². The largest absolute Gasteiger partial charge is 0.341 e. The normalized spacial score (nSPS) is 28.0. The van der Waals surface area contributed by atoms with E-state index in [-0.39, 0.29) is 18.2 Å². The molecule has 0 radical (unpaired) electrons. The number of amidine groups is 1. The molecule has 4 heterocycles. The van der Waals surface area contributed by atoms with Crippen molar-refractivity contribution in [1.29, 1.82) is 0 Å². The monoisotopic (exact) mass is 409 g/mol. The zero-order chi connectivity index (χ0) is 20.9. The van der Waals surface area contributed by atoms with Gasteiger partial charge in [0, 0.05) is 6.54 Å². The van der Waals surface area contributed by atoms with Gasteiger partial charge in [-0.25, -0.2) is 9.78 Å². The van der Waals surface area contributed by atoms with Gasteiger partial charge in [0.15, 0.2) is 17.5 Å². The van der Waals surface area contributed by atoms with Crippen molar-refractivity contribution in [3.63, 3.8) is 0 Å². The van der Waals surface area contributed by atoms with E-state index in [4.69, 9.17) is 19.5 Å². The number of imidazole rings is 1. The minimum absolute atomic E-state index is 0.0129. The van der Waals surface area contributed by atoms with E-state index in [1.54, 1.807) is 9.80 Å². The smallest absolute Gasteiger partial charge is 0.331 e. The number of benzene rings is 1. The molecule has 1 saturated heterocycles. The van der Waals surface area contributed by atoms with Crippen LogP contribution in [-0.4, -0.2) is 58.6 Å². The molecular formula is C22H27N5O3. The summed E-state index contributed by atoms with van der Waals surface area (Å²) in [6.07, 6.45) is 1.61.